The molecule has 2 fully saturated rings. The summed E-state index contributed by atoms with van der Waals surface area (Å²) in [5.41, 5.74) is 10.7. The molecule has 37 heavy (non-hydrogen) atoms. The average Bonchev–Trinajstić information content (AvgIpc) is 3.64. The van der Waals surface area contributed by atoms with Crippen molar-refractivity contribution in [2.24, 2.45) is 5.92 Å². The van der Waals surface area contributed by atoms with E-state index in [0.29, 0.717) is 35.6 Å². The molecule has 2 heterocycles. The highest BCUT2D eigenvalue weighted by Gasteiger charge is 2.27. The second-order valence-electron chi connectivity index (χ2n) is 9.63. The van der Waals surface area contributed by atoms with Crippen LogP contribution < -0.4 is 19.9 Å². The van der Waals surface area contributed by atoms with Crippen LogP contribution in [-0.4, -0.2) is 29.5 Å². The smallest absolute Gasteiger partial charge is 0.299 e. The number of aromatic nitrogens is 3. The summed E-state index contributed by atoms with van der Waals surface area (Å²) in [4.78, 5) is 8.18. The van der Waals surface area contributed by atoms with Gasteiger partial charge in [-0.2, -0.15) is 13.1 Å². The predicted octanol–water partition coefficient (Wildman–Crippen LogP) is 5.51. The Hall–Kier alpha value is -3.34. The summed E-state index contributed by atoms with van der Waals surface area (Å²) in [5.74, 6) is 1.28. The average molecular weight is 539 g/mol. The fourth-order valence-corrected chi connectivity index (χ4v) is 5.74. The summed E-state index contributed by atoms with van der Waals surface area (Å²) < 4.78 is 38.1. The van der Waals surface area contributed by atoms with Crippen molar-refractivity contribution in [3.63, 3.8) is 0 Å². The Morgan fingerprint density at radius 3 is 2.49 bits per heavy atom. The van der Waals surface area contributed by atoms with Gasteiger partial charge in [0.05, 0.1) is 16.9 Å². The number of hydrogen-bond donors (Lipinski definition) is 3. The highest BCUT2D eigenvalue weighted by Crippen LogP contribution is 2.45. The third kappa shape index (κ3) is 4.96. The minimum atomic E-state index is -3.61. The summed E-state index contributed by atoms with van der Waals surface area (Å²) in [5, 5.41) is 1.11. The Labute approximate surface area is 220 Å². The van der Waals surface area contributed by atoms with Crippen LogP contribution in [-0.2, 0) is 10.2 Å². The lowest BCUT2D eigenvalue weighted by Crippen LogP contribution is -2.31. The topological polar surface area (TPSA) is 124 Å². The fourth-order valence-electron chi connectivity index (χ4n) is 4.62. The van der Waals surface area contributed by atoms with Gasteiger partial charge in [0.2, 0.25) is 0 Å². The molecular weight excluding hydrogens is 512 g/mol. The second kappa shape index (κ2) is 9.51. The van der Waals surface area contributed by atoms with Crippen LogP contribution in [0, 0.1) is 5.92 Å². The van der Waals surface area contributed by atoms with Gasteiger partial charge in [-0.05, 0) is 62.3 Å². The molecule has 0 amide bonds. The van der Waals surface area contributed by atoms with Gasteiger partial charge >= 0.3 is 0 Å². The Bertz CT molecular complexity index is 1560. The standard InChI is InChI=1S/C26H27ClN6O3S/c27-25-26(30-13-12-29-25)36-20-10-11-21-22(14-20)33(19-2-1-3-19)24(23(21)28)17-6-8-18(9-7-17)32-37(34,35)31-15-16-4-5-16/h6-14,16,19,31-32H,1-5,15,28H2. The zero-order chi connectivity index (χ0) is 25.6. The van der Waals surface area contributed by atoms with E-state index in [1.54, 1.807) is 12.1 Å². The van der Waals surface area contributed by atoms with Gasteiger partial charge in [-0.15, -0.1) is 0 Å². The van der Waals surface area contributed by atoms with Gasteiger partial charge in [0.1, 0.15) is 5.75 Å². The Morgan fingerprint density at radius 1 is 1.05 bits per heavy atom. The quantitative estimate of drug-likeness (QED) is 0.258. The predicted molar refractivity (Wildman–Crippen MR) is 145 cm³/mol. The molecule has 2 aromatic heterocycles. The molecule has 4 aromatic rings. The van der Waals surface area contributed by atoms with Crippen LogP contribution in [0.25, 0.3) is 22.2 Å². The number of nitrogens with zero attached hydrogens (tertiary/aromatic N) is 3. The van der Waals surface area contributed by atoms with Crippen molar-refractivity contribution in [1.82, 2.24) is 19.3 Å². The molecule has 0 atom stereocenters. The van der Waals surface area contributed by atoms with Crippen molar-refractivity contribution in [3.8, 4) is 22.9 Å². The number of benzene rings is 2. The summed E-state index contributed by atoms with van der Waals surface area (Å²) in [6, 6.07) is 13.4. The minimum Gasteiger partial charge on any atom is -0.436 e. The monoisotopic (exact) mass is 538 g/mol. The molecular formula is C26H27ClN6O3S. The van der Waals surface area contributed by atoms with E-state index in [1.807, 2.05) is 30.3 Å². The molecule has 2 saturated carbocycles. The van der Waals surface area contributed by atoms with Crippen molar-refractivity contribution >= 4 is 44.1 Å². The first-order chi connectivity index (χ1) is 17.9. The van der Waals surface area contributed by atoms with Crippen molar-refractivity contribution < 1.29 is 13.2 Å². The number of nitrogens with one attached hydrogen (secondary N) is 2. The van der Waals surface area contributed by atoms with Crippen molar-refractivity contribution in [2.45, 2.75) is 38.1 Å². The van der Waals surface area contributed by atoms with E-state index >= 15 is 0 Å². The third-order valence-corrected chi connectivity index (χ3v) is 8.27. The van der Waals surface area contributed by atoms with E-state index in [0.717, 1.165) is 54.3 Å². The number of ether oxygens (including phenoxy) is 1. The van der Waals surface area contributed by atoms with Crippen molar-refractivity contribution in [3.05, 3.63) is 60.0 Å². The lowest BCUT2D eigenvalue weighted by Gasteiger charge is -2.30. The van der Waals surface area contributed by atoms with Gasteiger partial charge in [0.25, 0.3) is 16.1 Å². The Kier molecular flexibility index (Phi) is 6.18. The first kappa shape index (κ1) is 24.0. The van der Waals surface area contributed by atoms with Crippen molar-refractivity contribution in [1.29, 1.82) is 0 Å². The van der Waals surface area contributed by atoms with Gasteiger partial charge < -0.3 is 15.0 Å². The molecule has 0 spiro atoms. The molecule has 9 nitrogen and oxygen atoms in total. The maximum Gasteiger partial charge on any atom is 0.299 e. The number of nitrogens with two attached hydrogens (primary N) is 1. The zero-order valence-electron chi connectivity index (χ0n) is 20.0. The molecule has 2 aliphatic carbocycles. The molecule has 2 aliphatic rings. The zero-order valence-corrected chi connectivity index (χ0v) is 21.6. The molecule has 6 rings (SSSR count). The van der Waals surface area contributed by atoms with Crippen molar-refractivity contribution in [2.75, 3.05) is 17.0 Å². The van der Waals surface area contributed by atoms with Crippen LogP contribution in [0.4, 0.5) is 11.4 Å². The maximum atomic E-state index is 12.4. The van der Waals surface area contributed by atoms with Gasteiger partial charge in [-0.3, -0.25) is 4.72 Å². The molecule has 192 valence electrons. The Balaban J connectivity index is 1.33. The van der Waals surface area contributed by atoms with Crippen LogP contribution in [0.5, 0.6) is 11.6 Å². The summed E-state index contributed by atoms with van der Waals surface area (Å²) in [6.45, 7) is 0.472. The maximum absolute atomic E-state index is 12.4. The summed E-state index contributed by atoms with van der Waals surface area (Å²) in [6.07, 6.45) is 8.46. The van der Waals surface area contributed by atoms with Crippen LogP contribution in [0.1, 0.15) is 38.1 Å². The molecule has 0 radical (unpaired) electrons. The highest BCUT2D eigenvalue weighted by atomic mass is 35.5. The normalized spacial score (nSPS) is 16.0. The molecule has 0 aliphatic heterocycles. The summed E-state index contributed by atoms with van der Waals surface area (Å²) in [7, 11) is -3.61. The fraction of sp³-hybridized carbons (Fsp3) is 0.308. The van der Waals surface area contributed by atoms with Gasteiger partial charge in [0.15, 0.2) is 5.15 Å². The third-order valence-electron chi connectivity index (χ3n) is 6.96. The van der Waals surface area contributed by atoms with E-state index in [1.165, 1.54) is 12.4 Å². The largest absolute Gasteiger partial charge is 0.436 e. The highest BCUT2D eigenvalue weighted by molar-refractivity contribution is 7.90. The molecule has 0 saturated heterocycles. The molecule has 0 unspecified atom stereocenters. The van der Waals surface area contributed by atoms with E-state index in [-0.39, 0.29) is 11.0 Å². The lowest BCUT2D eigenvalue weighted by molar-refractivity contribution is 0.324. The van der Waals surface area contributed by atoms with E-state index in [4.69, 9.17) is 22.1 Å². The van der Waals surface area contributed by atoms with Crippen LogP contribution in [0.3, 0.4) is 0 Å². The number of fused-ring (bicyclic) bond motifs is 1. The second-order valence-corrected chi connectivity index (χ2v) is 11.5. The molecule has 4 N–H and O–H groups in total. The van der Waals surface area contributed by atoms with Crippen LogP contribution >= 0.6 is 11.6 Å². The van der Waals surface area contributed by atoms with Gasteiger partial charge in [0, 0.05) is 47.7 Å². The van der Waals surface area contributed by atoms with Gasteiger partial charge in [-0.25, -0.2) is 9.97 Å². The number of anilines is 2. The number of rotatable bonds is 9. The first-order valence-electron chi connectivity index (χ1n) is 12.3. The van der Waals surface area contributed by atoms with E-state index in [2.05, 4.69) is 24.0 Å². The minimum absolute atomic E-state index is 0.190. The molecule has 0 bridgehead atoms. The lowest BCUT2D eigenvalue weighted by atomic mass is 9.92. The Morgan fingerprint density at radius 2 is 1.81 bits per heavy atom. The number of hydrogen-bond acceptors (Lipinski definition) is 6. The van der Waals surface area contributed by atoms with Crippen LogP contribution in [0.2, 0.25) is 5.15 Å². The van der Waals surface area contributed by atoms with E-state index in [9.17, 15) is 8.42 Å². The first-order valence-corrected chi connectivity index (χ1v) is 14.2. The summed E-state index contributed by atoms with van der Waals surface area (Å²) >= 11 is 6.13. The molecule has 11 heteroatoms. The SMILES string of the molecule is Nc1c(-c2ccc(NS(=O)(=O)NCC3CC3)cc2)n(C2CCC2)c2cc(Oc3nccnc3Cl)ccc12. The number of nitrogen functional groups attached to an aromatic ring is 1. The van der Waals surface area contributed by atoms with Gasteiger partial charge in [-0.1, -0.05) is 23.7 Å². The number of halogens is 1. The molecule has 2 aromatic carbocycles. The van der Waals surface area contributed by atoms with Crippen LogP contribution in [0.15, 0.2) is 54.9 Å². The van der Waals surface area contributed by atoms with E-state index < -0.39 is 10.2 Å².